The maximum atomic E-state index is 11.9. The fourth-order valence-corrected chi connectivity index (χ4v) is 3.10. The largest absolute Gasteiger partial charge is 0.444 e. The van der Waals surface area contributed by atoms with Crippen molar-refractivity contribution in [2.75, 3.05) is 26.4 Å². The number of ether oxygens (including phenoxy) is 1. The average molecular weight is 397 g/mol. The summed E-state index contributed by atoms with van der Waals surface area (Å²) in [7, 11) is -1.52. The Balaban J connectivity index is 1.78. The van der Waals surface area contributed by atoms with E-state index in [1.807, 2.05) is 20.8 Å². The number of nitrogens with one attached hydrogen (secondary N) is 2. The first-order valence-corrected chi connectivity index (χ1v) is 10.6. The molecule has 9 heteroatoms. The minimum Gasteiger partial charge on any atom is -0.444 e. The smallest absolute Gasteiger partial charge is 0.410 e. The Morgan fingerprint density at radius 1 is 1.26 bits per heavy atom. The molecule has 2 N–H and O–H groups in total. The average Bonchev–Trinajstić information content (AvgIpc) is 2.51. The molecule has 0 radical (unpaired) electrons. The van der Waals surface area contributed by atoms with Gasteiger partial charge in [0.1, 0.15) is 5.60 Å². The molecular weight excluding hydrogens is 368 g/mol. The topological polar surface area (TPSA) is 100 Å². The van der Waals surface area contributed by atoms with Crippen LogP contribution in [0.2, 0.25) is 0 Å². The Hall–Kier alpha value is -2.29. The molecule has 1 amide bonds. The zero-order valence-electron chi connectivity index (χ0n) is 16.4. The lowest BCUT2D eigenvalue weighted by Crippen LogP contribution is -2.63. The summed E-state index contributed by atoms with van der Waals surface area (Å²) in [5.41, 5.74) is 0.439. The molecule has 1 aromatic rings. The van der Waals surface area contributed by atoms with Crippen molar-refractivity contribution in [1.29, 1.82) is 0 Å². The molecular formula is C18H28N4O4S. The third-order valence-electron chi connectivity index (χ3n) is 3.91. The van der Waals surface area contributed by atoms with E-state index in [-0.39, 0.29) is 12.1 Å². The Morgan fingerprint density at radius 2 is 1.85 bits per heavy atom. The Kier molecular flexibility index (Phi) is 6.35. The van der Waals surface area contributed by atoms with Crippen LogP contribution in [0.3, 0.4) is 0 Å². The summed E-state index contributed by atoms with van der Waals surface area (Å²) < 4.78 is 28.3. The van der Waals surface area contributed by atoms with Crippen molar-refractivity contribution in [1.82, 2.24) is 15.5 Å². The number of benzene rings is 1. The lowest BCUT2D eigenvalue weighted by atomic mass is 10.1. The van der Waals surface area contributed by atoms with Crippen molar-refractivity contribution in [3.05, 3.63) is 29.8 Å². The zero-order chi connectivity index (χ0) is 20.2. The minimum absolute atomic E-state index is 0.108. The minimum atomic E-state index is -3.19. The molecule has 8 nitrogen and oxygen atoms in total. The third kappa shape index (κ3) is 6.42. The van der Waals surface area contributed by atoms with Gasteiger partial charge in [0.05, 0.1) is 10.9 Å². The van der Waals surface area contributed by atoms with Crippen molar-refractivity contribution >= 4 is 21.9 Å². The van der Waals surface area contributed by atoms with Gasteiger partial charge in [0.15, 0.2) is 15.8 Å². The number of carbonyl (C=O) groups excluding carboxylic acids is 1. The molecule has 150 valence electrons. The SMILES string of the molecule is CN=C(NCc1ccc(S(C)(=O)=O)cc1)NC1CN(C(=O)OC(C)(C)C)C1. The van der Waals surface area contributed by atoms with Gasteiger partial charge in [-0.1, -0.05) is 12.1 Å². The third-order valence-corrected chi connectivity index (χ3v) is 5.04. The number of hydrogen-bond donors (Lipinski definition) is 2. The van der Waals surface area contributed by atoms with Gasteiger partial charge in [-0.3, -0.25) is 4.99 Å². The van der Waals surface area contributed by atoms with Gasteiger partial charge in [-0.15, -0.1) is 0 Å². The number of sulfone groups is 1. The van der Waals surface area contributed by atoms with E-state index in [2.05, 4.69) is 15.6 Å². The van der Waals surface area contributed by atoms with E-state index in [1.165, 1.54) is 6.26 Å². The van der Waals surface area contributed by atoms with E-state index in [4.69, 9.17) is 4.74 Å². The van der Waals surface area contributed by atoms with Crippen LogP contribution in [-0.4, -0.2) is 63.4 Å². The van der Waals surface area contributed by atoms with E-state index >= 15 is 0 Å². The molecule has 0 aliphatic carbocycles. The van der Waals surface area contributed by atoms with Crippen LogP contribution in [0.25, 0.3) is 0 Å². The molecule has 2 rings (SSSR count). The van der Waals surface area contributed by atoms with E-state index < -0.39 is 15.4 Å². The van der Waals surface area contributed by atoms with Crippen LogP contribution in [0.5, 0.6) is 0 Å². The molecule has 1 aromatic carbocycles. The Labute approximate surface area is 160 Å². The van der Waals surface area contributed by atoms with E-state index in [0.717, 1.165) is 5.56 Å². The summed E-state index contributed by atoms with van der Waals surface area (Å²) in [6, 6.07) is 6.82. The predicted molar refractivity (Wildman–Crippen MR) is 104 cm³/mol. The maximum Gasteiger partial charge on any atom is 0.410 e. The molecule has 1 aliphatic rings. The monoisotopic (exact) mass is 396 g/mol. The first-order valence-electron chi connectivity index (χ1n) is 8.72. The van der Waals surface area contributed by atoms with Gasteiger partial charge in [0.25, 0.3) is 0 Å². The normalized spacial score (nSPS) is 15.9. The van der Waals surface area contributed by atoms with Crippen LogP contribution < -0.4 is 10.6 Å². The van der Waals surface area contributed by atoms with Crippen molar-refractivity contribution < 1.29 is 17.9 Å². The quantitative estimate of drug-likeness (QED) is 0.589. The highest BCUT2D eigenvalue weighted by atomic mass is 32.2. The highest BCUT2D eigenvalue weighted by molar-refractivity contribution is 7.90. The zero-order valence-corrected chi connectivity index (χ0v) is 17.3. The van der Waals surface area contributed by atoms with Crippen LogP contribution >= 0.6 is 0 Å². The van der Waals surface area contributed by atoms with Gasteiger partial charge in [-0.2, -0.15) is 0 Å². The number of rotatable bonds is 4. The number of hydrogen-bond acceptors (Lipinski definition) is 5. The number of amides is 1. The van der Waals surface area contributed by atoms with Crippen LogP contribution in [0.15, 0.2) is 34.2 Å². The van der Waals surface area contributed by atoms with E-state index in [0.29, 0.717) is 30.5 Å². The molecule has 0 saturated carbocycles. The summed E-state index contributed by atoms with van der Waals surface area (Å²) >= 11 is 0. The molecule has 27 heavy (non-hydrogen) atoms. The van der Waals surface area contributed by atoms with Crippen LogP contribution in [0, 0.1) is 0 Å². The number of nitrogens with zero attached hydrogens (tertiary/aromatic N) is 2. The maximum absolute atomic E-state index is 11.9. The van der Waals surface area contributed by atoms with Crippen molar-refractivity contribution in [2.24, 2.45) is 4.99 Å². The number of carbonyl (C=O) groups is 1. The second-order valence-electron chi connectivity index (χ2n) is 7.57. The summed E-state index contributed by atoms with van der Waals surface area (Å²) in [5.74, 6) is 0.621. The lowest BCUT2D eigenvalue weighted by Gasteiger charge is -2.40. The van der Waals surface area contributed by atoms with Crippen LogP contribution in [-0.2, 0) is 21.1 Å². The van der Waals surface area contributed by atoms with Gasteiger partial charge >= 0.3 is 6.09 Å². The first kappa shape index (κ1) is 21.0. The van der Waals surface area contributed by atoms with E-state index in [1.54, 1.807) is 36.2 Å². The summed E-state index contributed by atoms with van der Waals surface area (Å²) in [5, 5.41) is 6.43. The molecule has 0 unspecified atom stereocenters. The molecule has 1 aliphatic heterocycles. The van der Waals surface area contributed by atoms with Gasteiger partial charge in [0.2, 0.25) is 0 Å². The fourth-order valence-electron chi connectivity index (χ4n) is 2.47. The highest BCUT2D eigenvalue weighted by Gasteiger charge is 2.34. The van der Waals surface area contributed by atoms with Gasteiger partial charge in [0, 0.05) is 32.9 Å². The van der Waals surface area contributed by atoms with E-state index in [9.17, 15) is 13.2 Å². The predicted octanol–water partition coefficient (Wildman–Crippen LogP) is 1.37. The number of aliphatic imine (C=N–C) groups is 1. The fraction of sp³-hybridized carbons (Fsp3) is 0.556. The Bertz CT molecular complexity index is 792. The molecule has 0 spiro atoms. The van der Waals surface area contributed by atoms with Crippen molar-refractivity contribution in [3.63, 3.8) is 0 Å². The van der Waals surface area contributed by atoms with Crippen molar-refractivity contribution in [2.45, 2.75) is 43.9 Å². The summed E-state index contributed by atoms with van der Waals surface area (Å²) in [6.07, 6.45) is 0.875. The summed E-state index contributed by atoms with van der Waals surface area (Å²) in [6.45, 7) is 7.14. The van der Waals surface area contributed by atoms with Gasteiger partial charge in [-0.25, -0.2) is 13.2 Å². The number of guanidine groups is 1. The first-order chi connectivity index (χ1) is 12.5. The highest BCUT2D eigenvalue weighted by Crippen LogP contribution is 2.15. The molecule has 0 atom stereocenters. The van der Waals surface area contributed by atoms with Gasteiger partial charge < -0.3 is 20.3 Å². The molecule has 1 fully saturated rings. The second-order valence-corrected chi connectivity index (χ2v) is 9.58. The molecule has 1 saturated heterocycles. The Morgan fingerprint density at radius 3 is 2.33 bits per heavy atom. The van der Waals surface area contributed by atoms with Crippen molar-refractivity contribution in [3.8, 4) is 0 Å². The summed E-state index contributed by atoms with van der Waals surface area (Å²) in [4.78, 5) is 18.0. The van der Waals surface area contributed by atoms with Crippen LogP contribution in [0.4, 0.5) is 4.79 Å². The van der Waals surface area contributed by atoms with Crippen LogP contribution in [0.1, 0.15) is 26.3 Å². The second kappa shape index (κ2) is 8.16. The molecule has 0 aromatic heterocycles. The standard InChI is InChI=1S/C18H28N4O4S/c1-18(2,3)26-17(23)22-11-14(12-22)21-16(19-4)20-10-13-6-8-15(9-7-13)27(5,24)25/h6-9,14H,10-12H2,1-5H3,(H2,19,20,21). The lowest BCUT2D eigenvalue weighted by molar-refractivity contribution is 0.00701. The number of likely N-dealkylation sites (tertiary alicyclic amines) is 1. The molecule has 1 heterocycles. The molecule has 0 bridgehead atoms. The van der Waals surface area contributed by atoms with Gasteiger partial charge in [-0.05, 0) is 38.5 Å².